The fourth-order valence-electron chi connectivity index (χ4n) is 0.428. The van der Waals surface area contributed by atoms with Crippen LogP contribution < -0.4 is 5.73 Å². The number of phenolic OH excluding ortho intramolecular Hbond substituents is 1. The van der Waals surface area contributed by atoms with Crippen LogP contribution in [-0.4, -0.2) is 12.2 Å². The van der Waals surface area contributed by atoms with Crippen LogP contribution in [0.5, 0.6) is 5.75 Å². The highest BCUT2D eigenvalue weighted by Gasteiger charge is 1.74. The molecule has 0 radical (unpaired) electrons. The molecule has 0 atom stereocenters. The van der Waals surface area contributed by atoms with Crippen LogP contribution in [0.2, 0.25) is 0 Å². The zero-order valence-corrected chi connectivity index (χ0v) is 7.70. The van der Waals surface area contributed by atoms with E-state index in [9.17, 15) is 0 Å². The van der Waals surface area contributed by atoms with E-state index in [0.717, 1.165) is 0 Å². The van der Waals surface area contributed by atoms with Crippen molar-refractivity contribution in [2.45, 2.75) is 6.92 Å². The molecule has 0 heterocycles. The van der Waals surface area contributed by atoms with Gasteiger partial charge in [-0.05, 0) is 26.1 Å². The molecule has 68 valence electrons. The highest BCUT2D eigenvalue weighted by Crippen LogP contribution is 2.02. The minimum atomic E-state index is 0.322. The second kappa shape index (κ2) is 12.4. The Kier molecular flexibility index (Phi) is 13.8. The molecule has 0 saturated heterocycles. The Morgan fingerprint density at radius 3 is 1.75 bits per heavy atom. The first kappa shape index (κ1) is 13.3. The van der Waals surface area contributed by atoms with Crippen LogP contribution in [0.25, 0.3) is 0 Å². The largest absolute Gasteiger partial charge is 0.508 e. The predicted molar refractivity (Wildman–Crippen MR) is 54.1 cm³/mol. The lowest BCUT2D eigenvalue weighted by atomic mass is 10.3. The van der Waals surface area contributed by atoms with Gasteiger partial charge in [0.25, 0.3) is 0 Å². The van der Waals surface area contributed by atoms with E-state index in [4.69, 9.17) is 5.11 Å². The number of hydrogen-bond donors (Lipinski definition) is 2. The molecular weight excluding hydrogens is 150 g/mol. The van der Waals surface area contributed by atoms with Crippen molar-refractivity contribution in [3.63, 3.8) is 0 Å². The topological polar surface area (TPSA) is 46.2 Å². The summed E-state index contributed by atoms with van der Waals surface area (Å²) in [4.78, 5) is 0. The molecule has 0 aromatic heterocycles. The van der Waals surface area contributed by atoms with Crippen molar-refractivity contribution in [3.05, 3.63) is 43.0 Å². The van der Waals surface area contributed by atoms with Gasteiger partial charge in [-0.1, -0.05) is 24.3 Å². The number of para-hydroxylation sites is 1. The van der Waals surface area contributed by atoms with E-state index in [-0.39, 0.29) is 0 Å². The van der Waals surface area contributed by atoms with Crippen LogP contribution in [0, 0.1) is 0 Å². The van der Waals surface area contributed by atoms with E-state index < -0.39 is 0 Å². The van der Waals surface area contributed by atoms with Crippen molar-refractivity contribution in [2.24, 2.45) is 5.73 Å². The number of phenols is 1. The van der Waals surface area contributed by atoms with Crippen LogP contribution in [-0.2, 0) is 0 Å². The van der Waals surface area contributed by atoms with Gasteiger partial charge in [0, 0.05) is 0 Å². The van der Waals surface area contributed by atoms with Gasteiger partial charge in [-0.15, -0.1) is 6.58 Å². The van der Waals surface area contributed by atoms with Crippen LogP contribution in [0.3, 0.4) is 0 Å². The molecule has 2 nitrogen and oxygen atoms in total. The van der Waals surface area contributed by atoms with Gasteiger partial charge >= 0.3 is 0 Å². The van der Waals surface area contributed by atoms with Gasteiger partial charge in [0.1, 0.15) is 5.75 Å². The number of nitrogens with two attached hydrogens (primary N) is 1. The second-order valence-corrected chi connectivity index (χ2v) is 1.74. The van der Waals surface area contributed by atoms with E-state index in [1.54, 1.807) is 30.3 Å². The summed E-state index contributed by atoms with van der Waals surface area (Å²) in [5.41, 5.74) is 4.50. The van der Waals surface area contributed by atoms with Gasteiger partial charge in [0.15, 0.2) is 0 Å². The molecule has 1 rings (SSSR count). The maximum absolute atomic E-state index is 8.63. The Morgan fingerprint density at radius 1 is 1.25 bits per heavy atom. The number of benzene rings is 1. The molecule has 0 saturated carbocycles. The maximum atomic E-state index is 8.63. The van der Waals surface area contributed by atoms with Crippen LogP contribution in [0.15, 0.2) is 43.0 Å². The third kappa shape index (κ3) is 11.5. The van der Waals surface area contributed by atoms with Gasteiger partial charge < -0.3 is 10.8 Å². The molecule has 0 aliphatic rings. The first-order valence-corrected chi connectivity index (χ1v) is 3.70. The molecule has 2 heteroatoms. The second-order valence-electron chi connectivity index (χ2n) is 1.74. The number of rotatable bonds is 0. The molecule has 0 aliphatic carbocycles. The lowest BCUT2D eigenvalue weighted by molar-refractivity contribution is 0.475. The number of allylic oxidation sites excluding steroid dienone is 1. The van der Waals surface area contributed by atoms with Gasteiger partial charge in [-0.25, -0.2) is 0 Å². The van der Waals surface area contributed by atoms with Crippen molar-refractivity contribution < 1.29 is 5.11 Å². The van der Waals surface area contributed by atoms with Crippen molar-refractivity contribution in [1.82, 2.24) is 0 Å². The standard InChI is InChI=1S/C6H6O.C3H6.CH5N/c7-6-4-2-1-3-5-6;1-3-2;1-2/h1-5,7H;3H,1H2,2H3;2H2,1H3. The zero-order valence-electron chi connectivity index (χ0n) is 7.70. The summed E-state index contributed by atoms with van der Waals surface area (Å²) in [6, 6.07) is 8.71. The molecule has 0 fully saturated rings. The Labute approximate surface area is 74.3 Å². The predicted octanol–water partition coefficient (Wildman–Crippen LogP) is 2.16. The van der Waals surface area contributed by atoms with E-state index in [1.807, 2.05) is 13.0 Å². The van der Waals surface area contributed by atoms with Crippen LogP contribution in [0.4, 0.5) is 0 Å². The third-order valence-corrected chi connectivity index (χ3v) is 0.756. The maximum Gasteiger partial charge on any atom is 0.115 e. The van der Waals surface area contributed by atoms with E-state index >= 15 is 0 Å². The lowest BCUT2D eigenvalue weighted by Gasteiger charge is -1.82. The SMILES string of the molecule is C=CC.CN.Oc1ccccc1. The Bertz CT molecular complexity index is 172. The number of aromatic hydroxyl groups is 1. The highest BCUT2D eigenvalue weighted by atomic mass is 16.3. The molecular formula is C10H17NO. The van der Waals surface area contributed by atoms with Crippen molar-refractivity contribution in [1.29, 1.82) is 0 Å². The first-order valence-electron chi connectivity index (χ1n) is 3.70. The average Bonchev–Trinajstić information content (AvgIpc) is 2.11. The molecule has 0 aliphatic heterocycles. The molecule has 0 unspecified atom stereocenters. The summed E-state index contributed by atoms with van der Waals surface area (Å²) < 4.78 is 0. The average molecular weight is 167 g/mol. The van der Waals surface area contributed by atoms with E-state index in [1.165, 1.54) is 7.05 Å². The monoisotopic (exact) mass is 167 g/mol. The van der Waals surface area contributed by atoms with Crippen LogP contribution in [0.1, 0.15) is 6.92 Å². The van der Waals surface area contributed by atoms with Gasteiger partial charge in [-0.2, -0.15) is 0 Å². The fourth-order valence-corrected chi connectivity index (χ4v) is 0.428. The Morgan fingerprint density at radius 2 is 1.58 bits per heavy atom. The van der Waals surface area contributed by atoms with E-state index in [2.05, 4.69) is 12.3 Å². The Hall–Kier alpha value is -1.28. The summed E-state index contributed by atoms with van der Waals surface area (Å²) in [6.07, 6.45) is 1.75. The van der Waals surface area contributed by atoms with Gasteiger partial charge in [0.2, 0.25) is 0 Å². The van der Waals surface area contributed by atoms with Crippen molar-refractivity contribution in [3.8, 4) is 5.75 Å². The summed E-state index contributed by atoms with van der Waals surface area (Å²) in [7, 11) is 1.50. The first-order chi connectivity index (χ1) is 5.81. The van der Waals surface area contributed by atoms with Crippen molar-refractivity contribution >= 4 is 0 Å². The summed E-state index contributed by atoms with van der Waals surface area (Å²) in [6.45, 7) is 5.25. The Balaban J connectivity index is 0. The zero-order chi connectivity index (χ0) is 9.82. The van der Waals surface area contributed by atoms with Crippen molar-refractivity contribution in [2.75, 3.05) is 7.05 Å². The molecule has 1 aromatic rings. The normalized spacial score (nSPS) is 6.58. The number of hydrogen-bond acceptors (Lipinski definition) is 2. The molecule has 3 N–H and O–H groups in total. The smallest absolute Gasteiger partial charge is 0.115 e. The molecule has 0 bridgehead atoms. The molecule has 0 amide bonds. The minimum Gasteiger partial charge on any atom is -0.508 e. The quantitative estimate of drug-likeness (QED) is 0.582. The summed E-state index contributed by atoms with van der Waals surface area (Å²) >= 11 is 0. The highest BCUT2D eigenvalue weighted by molar-refractivity contribution is 5.18. The fraction of sp³-hybridized carbons (Fsp3) is 0.200. The van der Waals surface area contributed by atoms with E-state index in [0.29, 0.717) is 5.75 Å². The van der Waals surface area contributed by atoms with Gasteiger partial charge in [-0.3, -0.25) is 0 Å². The van der Waals surface area contributed by atoms with Gasteiger partial charge in [0.05, 0.1) is 0 Å². The van der Waals surface area contributed by atoms with Crippen LogP contribution >= 0.6 is 0 Å². The lowest BCUT2D eigenvalue weighted by Crippen LogP contribution is -1.69. The molecule has 12 heavy (non-hydrogen) atoms. The minimum absolute atomic E-state index is 0.322. The third-order valence-electron chi connectivity index (χ3n) is 0.756. The summed E-state index contributed by atoms with van der Waals surface area (Å²) in [5.74, 6) is 0.322. The summed E-state index contributed by atoms with van der Waals surface area (Å²) in [5, 5.41) is 8.63. The molecule has 0 spiro atoms. The molecule has 1 aromatic carbocycles.